The number of carbonyl (C=O) groups excluding carboxylic acids is 1. The third-order valence-electron chi connectivity index (χ3n) is 2.70. The molecule has 0 aromatic heterocycles. The second kappa shape index (κ2) is 6.03. The maximum atomic E-state index is 12.2. The molecule has 1 aromatic rings. The molecule has 0 amide bonds. The number of anilines is 1. The van der Waals surface area contributed by atoms with Crippen LogP contribution in [0, 0.1) is 5.92 Å². The lowest BCUT2D eigenvalue weighted by molar-refractivity contribution is -0.144. The van der Waals surface area contributed by atoms with Gasteiger partial charge >= 0.3 is 5.97 Å². The van der Waals surface area contributed by atoms with Crippen molar-refractivity contribution >= 4 is 21.7 Å². The van der Waals surface area contributed by atoms with E-state index in [4.69, 9.17) is 5.73 Å². The lowest BCUT2D eigenvalue weighted by Gasteiger charge is -2.20. The fourth-order valence-electron chi connectivity index (χ4n) is 1.61. The van der Waals surface area contributed by atoms with Gasteiger partial charge in [-0.2, -0.15) is 0 Å². The van der Waals surface area contributed by atoms with Crippen LogP contribution >= 0.6 is 0 Å². The van der Waals surface area contributed by atoms with Crippen LogP contribution in [-0.2, 0) is 19.6 Å². The summed E-state index contributed by atoms with van der Waals surface area (Å²) in [7, 11) is -0.969. The minimum Gasteiger partial charge on any atom is -0.469 e. The average molecular weight is 286 g/mol. The van der Waals surface area contributed by atoms with Crippen molar-refractivity contribution in [2.45, 2.75) is 11.8 Å². The molecule has 6 nitrogen and oxygen atoms in total. The highest BCUT2D eigenvalue weighted by Crippen LogP contribution is 2.18. The molecule has 0 saturated carbocycles. The summed E-state index contributed by atoms with van der Waals surface area (Å²) in [6.45, 7) is 1.65. The molecule has 0 radical (unpaired) electrons. The number of rotatable bonds is 5. The molecule has 1 atom stereocenters. The monoisotopic (exact) mass is 286 g/mol. The molecule has 2 N–H and O–H groups in total. The van der Waals surface area contributed by atoms with Gasteiger partial charge in [0.15, 0.2) is 0 Å². The van der Waals surface area contributed by atoms with Crippen LogP contribution in [0.5, 0.6) is 0 Å². The molecular weight excluding hydrogens is 268 g/mol. The first kappa shape index (κ1) is 15.5. The van der Waals surface area contributed by atoms with E-state index in [0.717, 1.165) is 4.31 Å². The number of nitrogens with two attached hydrogens (primary N) is 1. The van der Waals surface area contributed by atoms with E-state index in [1.807, 2.05) is 0 Å². The van der Waals surface area contributed by atoms with Crippen LogP contribution in [0.4, 0.5) is 5.69 Å². The van der Waals surface area contributed by atoms with Crippen LogP contribution in [0.1, 0.15) is 6.92 Å². The van der Waals surface area contributed by atoms with Crippen molar-refractivity contribution in [3.63, 3.8) is 0 Å². The number of hydrogen-bond acceptors (Lipinski definition) is 5. The van der Waals surface area contributed by atoms with Crippen LogP contribution in [0.15, 0.2) is 29.2 Å². The van der Waals surface area contributed by atoms with Crippen molar-refractivity contribution in [2.24, 2.45) is 5.92 Å². The predicted octanol–water partition coefficient (Wildman–Crippen LogP) is 0.698. The van der Waals surface area contributed by atoms with E-state index in [9.17, 15) is 13.2 Å². The molecule has 0 fully saturated rings. The van der Waals surface area contributed by atoms with E-state index in [1.165, 1.54) is 26.3 Å². The first-order valence-electron chi connectivity index (χ1n) is 5.68. The molecule has 0 saturated heterocycles. The van der Waals surface area contributed by atoms with Gasteiger partial charge in [-0.05, 0) is 18.2 Å². The Morgan fingerprint density at radius 2 is 2.11 bits per heavy atom. The minimum atomic E-state index is -3.65. The highest BCUT2D eigenvalue weighted by molar-refractivity contribution is 7.89. The lowest BCUT2D eigenvalue weighted by atomic mass is 10.2. The Kier molecular flexibility index (Phi) is 4.90. The second-order valence-corrected chi connectivity index (χ2v) is 6.33. The highest BCUT2D eigenvalue weighted by atomic mass is 32.2. The Bertz CT molecular complexity index is 557. The van der Waals surface area contributed by atoms with Crippen molar-refractivity contribution in [3.05, 3.63) is 24.3 Å². The summed E-state index contributed by atoms with van der Waals surface area (Å²) < 4.78 is 30.2. The van der Waals surface area contributed by atoms with Crippen molar-refractivity contribution in [1.29, 1.82) is 0 Å². The van der Waals surface area contributed by atoms with Gasteiger partial charge in [-0.15, -0.1) is 0 Å². The van der Waals surface area contributed by atoms with Gasteiger partial charge in [-0.1, -0.05) is 13.0 Å². The summed E-state index contributed by atoms with van der Waals surface area (Å²) in [5, 5.41) is 0. The summed E-state index contributed by atoms with van der Waals surface area (Å²) in [5.74, 6) is -0.986. The van der Waals surface area contributed by atoms with Gasteiger partial charge < -0.3 is 10.5 Å². The molecule has 1 rings (SSSR count). The molecule has 7 heteroatoms. The van der Waals surface area contributed by atoms with Crippen LogP contribution in [-0.4, -0.2) is 39.4 Å². The Morgan fingerprint density at radius 1 is 1.47 bits per heavy atom. The maximum absolute atomic E-state index is 12.2. The molecule has 0 bridgehead atoms. The molecule has 1 aromatic carbocycles. The molecule has 0 aliphatic heterocycles. The first-order chi connectivity index (χ1) is 8.78. The molecule has 0 heterocycles. The van der Waals surface area contributed by atoms with Gasteiger partial charge in [-0.3, -0.25) is 4.79 Å². The topological polar surface area (TPSA) is 89.7 Å². The van der Waals surface area contributed by atoms with Gasteiger partial charge in [0.1, 0.15) is 0 Å². The Labute approximate surface area is 113 Å². The largest absolute Gasteiger partial charge is 0.469 e. The molecule has 0 aliphatic rings. The maximum Gasteiger partial charge on any atom is 0.309 e. The number of ether oxygens (including phenoxy) is 1. The zero-order valence-electron chi connectivity index (χ0n) is 11.2. The minimum absolute atomic E-state index is 0.0454. The quantitative estimate of drug-likeness (QED) is 0.635. The van der Waals surface area contributed by atoms with Crippen LogP contribution in [0.3, 0.4) is 0 Å². The van der Waals surface area contributed by atoms with E-state index < -0.39 is 21.9 Å². The average Bonchev–Trinajstić information content (AvgIpc) is 2.37. The SMILES string of the molecule is COC(=O)C(C)CN(C)S(=O)(=O)c1cccc(N)c1. The van der Waals surface area contributed by atoms with Crippen LogP contribution in [0.25, 0.3) is 0 Å². The van der Waals surface area contributed by atoms with Crippen LogP contribution < -0.4 is 5.73 Å². The van der Waals surface area contributed by atoms with E-state index in [2.05, 4.69) is 4.74 Å². The zero-order chi connectivity index (χ0) is 14.6. The number of benzene rings is 1. The van der Waals surface area contributed by atoms with Crippen molar-refractivity contribution < 1.29 is 17.9 Å². The van der Waals surface area contributed by atoms with E-state index in [1.54, 1.807) is 19.1 Å². The van der Waals surface area contributed by atoms with Crippen molar-refractivity contribution in [1.82, 2.24) is 4.31 Å². The number of esters is 1. The van der Waals surface area contributed by atoms with Gasteiger partial charge in [-0.25, -0.2) is 12.7 Å². The number of sulfonamides is 1. The summed E-state index contributed by atoms with van der Waals surface area (Å²) >= 11 is 0. The number of nitrogen functional groups attached to an aromatic ring is 1. The van der Waals surface area contributed by atoms with Gasteiger partial charge in [0.25, 0.3) is 0 Å². The number of methoxy groups -OCH3 is 1. The molecule has 0 spiro atoms. The number of nitrogens with zero attached hydrogens (tertiary/aromatic N) is 1. The van der Waals surface area contributed by atoms with Crippen molar-refractivity contribution in [2.75, 3.05) is 26.4 Å². The number of hydrogen-bond donors (Lipinski definition) is 1. The van der Waals surface area contributed by atoms with Crippen molar-refractivity contribution in [3.8, 4) is 0 Å². The third kappa shape index (κ3) is 3.68. The zero-order valence-corrected chi connectivity index (χ0v) is 12.0. The number of carbonyl (C=O) groups is 1. The normalized spacial score (nSPS) is 13.3. The van der Waals surface area contributed by atoms with E-state index in [-0.39, 0.29) is 11.4 Å². The smallest absolute Gasteiger partial charge is 0.309 e. The van der Waals surface area contributed by atoms with Gasteiger partial charge in [0, 0.05) is 19.3 Å². The molecule has 106 valence electrons. The first-order valence-corrected chi connectivity index (χ1v) is 7.12. The summed E-state index contributed by atoms with van der Waals surface area (Å²) in [4.78, 5) is 11.4. The summed E-state index contributed by atoms with van der Waals surface area (Å²) in [5.41, 5.74) is 5.94. The Hall–Kier alpha value is -1.60. The lowest BCUT2D eigenvalue weighted by Crippen LogP contribution is -2.34. The fraction of sp³-hybridized carbons (Fsp3) is 0.417. The molecule has 19 heavy (non-hydrogen) atoms. The van der Waals surface area contributed by atoms with Gasteiger partial charge in [0.2, 0.25) is 10.0 Å². The Balaban J connectivity index is 2.92. The highest BCUT2D eigenvalue weighted by Gasteiger charge is 2.25. The van der Waals surface area contributed by atoms with Crippen LogP contribution in [0.2, 0.25) is 0 Å². The molecule has 0 aliphatic carbocycles. The van der Waals surface area contributed by atoms with Gasteiger partial charge in [0.05, 0.1) is 17.9 Å². The second-order valence-electron chi connectivity index (χ2n) is 4.28. The third-order valence-corrected chi connectivity index (χ3v) is 4.52. The predicted molar refractivity (Wildman–Crippen MR) is 71.9 cm³/mol. The summed E-state index contributed by atoms with van der Waals surface area (Å²) in [6.07, 6.45) is 0. The fourth-order valence-corrected chi connectivity index (χ4v) is 2.93. The standard InChI is InChI=1S/C12H18N2O4S/c1-9(12(15)18-3)8-14(2)19(16,17)11-6-4-5-10(13)7-11/h4-7,9H,8,13H2,1-3H3. The molecule has 1 unspecified atom stereocenters. The Morgan fingerprint density at radius 3 is 2.63 bits per heavy atom. The van der Waals surface area contributed by atoms with E-state index >= 15 is 0 Å². The van der Waals surface area contributed by atoms with E-state index in [0.29, 0.717) is 5.69 Å². The molecular formula is C12H18N2O4S. The summed E-state index contributed by atoms with van der Waals surface area (Å²) in [6, 6.07) is 6.02.